The van der Waals surface area contributed by atoms with Gasteiger partial charge in [0, 0.05) is 13.2 Å². The van der Waals surface area contributed by atoms with Crippen molar-refractivity contribution in [2.75, 3.05) is 12.4 Å². The van der Waals surface area contributed by atoms with Crippen molar-refractivity contribution in [2.45, 2.75) is 24.8 Å². The zero-order chi connectivity index (χ0) is 16.4. The molecule has 2 amide bonds. The SMILES string of the molecule is CNC(=O)Cn1cc(NC(=O)C2(c3ccc(F)cc3)CC2)cn1. The van der Waals surface area contributed by atoms with Gasteiger partial charge in [-0.2, -0.15) is 5.10 Å². The van der Waals surface area contributed by atoms with Gasteiger partial charge in [-0.05, 0) is 30.5 Å². The Labute approximate surface area is 132 Å². The van der Waals surface area contributed by atoms with E-state index in [0.29, 0.717) is 5.69 Å². The lowest BCUT2D eigenvalue weighted by atomic mass is 9.95. The summed E-state index contributed by atoms with van der Waals surface area (Å²) in [6, 6.07) is 6.03. The van der Waals surface area contributed by atoms with E-state index in [0.717, 1.165) is 18.4 Å². The van der Waals surface area contributed by atoms with Gasteiger partial charge in [0.25, 0.3) is 0 Å². The first kappa shape index (κ1) is 15.2. The number of likely N-dealkylation sites (N-methyl/N-ethyl adjacent to an activating group) is 1. The Morgan fingerprint density at radius 3 is 2.61 bits per heavy atom. The molecule has 0 bridgehead atoms. The van der Waals surface area contributed by atoms with E-state index in [1.54, 1.807) is 25.4 Å². The first-order chi connectivity index (χ1) is 11.0. The fourth-order valence-corrected chi connectivity index (χ4v) is 2.53. The number of benzene rings is 1. The summed E-state index contributed by atoms with van der Waals surface area (Å²) in [7, 11) is 1.55. The van der Waals surface area contributed by atoms with E-state index in [-0.39, 0.29) is 24.2 Å². The van der Waals surface area contributed by atoms with Crippen LogP contribution < -0.4 is 10.6 Å². The Balaban J connectivity index is 1.69. The summed E-state index contributed by atoms with van der Waals surface area (Å²) in [5.74, 6) is -0.625. The minimum absolute atomic E-state index is 0.0927. The molecule has 1 heterocycles. The number of amides is 2. The Bertz CT molecular complexity index is 735. The Hall–Kier alpha value is -2.70. The summed E-state index contributed by atoms with van der Waals surface area (Å²) in [5.41, 5.74) is 0.762. The number of carbonyl (C=O) groups excluding carboxylic acids is 2. The average molecular weight is 316 g/mol. The lowest BCUT2D eigenvalue weighted by molar-refractivity contribution is -0.121. The molecule has 23 heavy (non-hydrogen) atoms. The van der Waals surface area contributed by atoms with Gasteiger partial charge < -0.3 is 10.6 Å². The molecule has 1 aliphatic rings. The van der Waals surface area contributed by atoms with Crippen LogP contribution in [-0.4, -0.2) is 28.6 Å². The number of nitrogens with one attached hydrogen (secondary N) is 2. The van der Waals surface area contributed by atoms with E-state index in [4.69, 9.17) is 0 Å². The number of rotatable bonds is 5. The number of nitrogens with zero attached hydrogens (tertiary/aromatic N) is 2. The monoisotopic (exact) mass is 316 g/mol. The van der Waals surface area contributed by atoms with Gasteiger partial charge in [-0.25, -0.2) is 4.39 Å². The molecule has 1 aliphatic carbocycles. The lowest BCUT2D eigenvalue weighted by Gasteiger charge is -2.14. The van der Waals surface area contributed by atoms with Crippen LogP contribution in [0.1, 0.15) is 18.4 Å². The fraction of sp³-hybridized carbons (Fsp3) is 0.312. The number of aromatic nitrogens is 2. The van der Waals surface area contributed by atoms with Crippen molar-refractivity contribution in [3.8, 4) is 0 Å². The maximum absolute atomic E-state index is 13.0. The molecule has 2 aromatic rings. The number of carbonyl (C=O) groups is 2. The second-order valence-electron chi connectivity index (χ2n) is 5.64. The molecule has 0 unspecified atom stereocenters. The molecule has 0 saturated heterocycles. The Morgan fingerprint density at radius 2 is 2.00 bits per heavy atom. The molecule has 1 aromatic carbocycles. The molecular formula is C16H17FN4O2. The largest absolute Gasteiger partial charge is 0.358 e. The molecule has 2 N–H and O–H groups in total. The maximum Gasteiger partial charge on any atom is 0.241 e. The summed E-state index contributed by atoms with van der Waals surface area (Å²) in [5, 5.41) is 9.36. The van der Waals surface area contributed by atoms with E-state index in [9.17, 15) is 14.0 Å². The van der Waals surface area contributed by atoms with E-state index >= 15 is 0 Å². The normalized spacial score (nSPS) is 15.0. The summed E-state index contributed by atoms with van der Waals surface area (Å²) < 4.78 is 14.5. The van der Waals surface area contributed by atoms with Crippen molar-refractivity contribution in [3.05, 3.63) is 48.0 Å². The molecule has 1 saturated carbocycles. The van der Waals surface area contributed by atoms with Crippen LogP contribution >= 0.6 is 0 Å². The summed E-state index contributed by atoms with van der Waals surface area (Å²) in [6.45, 7) is 0.0927. The number of hydrogen-bond donors (Lipinski definition) is 2. The van der Waals surface area contributed by atoms with Crippen molar-refractivity contribution in [2.24, 2.45) is 0 Å². The van der Waals surface area contributed by atoms with Gasteiger partial charge in [-0.1, -0.05) is 12.1 Å². The van der Waals surface area contributed by atoms with Gasteiger partial charge in [0.1, 0.15) is 12.4 Å². The smallest absolute Gasteiger partial charge is 0.241 e. The first-order valence-electron chi connectivity index (χ1n) is 7.34. The predicted octanol–water partition coefficient (Wildman–Crippen LogP) is 1.44. The molecule has 0 atom stereocenters. The first-order valence-corrected chi connectivity index (χ1v) is 7.34. The van der Waals surface area contributed by atoms with E-state index in [1.807, 2.05) is 0 Å². The molecular weight excluding hydrogens is 299 g/mol. The summed E-state index contributed by atoms with van der Waals surface area (Å²) in [6.07, 6.45) is 4.57. The van der Waals surface area contributed by atoms with Crippen LogP contribution in [0.2, 0.25) is 0 Å². The molecule has 3 rings (SSSR count). The van der Waals surface area contributed by atoms with E-state index < -0.39 is 5.41 Å². The highest BCUT2D eigenvalue weighted by atomic mass is 19.1. The van der Waals surface area contributed by atoms with Crippen LogP contribution in [0.15, 0.2) is 36.7 Å². The van der Waals surface area contributed by atoms with Crippen molar-refractivity contribution in [1.29, 1.82) is 0 Å². The molecule has 0 aliphatic heterocycles. The molecule has 0 spiro atoms. The van der Waals surface area contributed by atoms with Gasteiger partial charge in [-0.15, -0.1) is 0 Å². The van der Waals surface area contributed by atoms with E-state index in [2.05, 4.69) is 15.7 Å². The molecule has 1 fully saturated rings. The maximum atomic E-state index is 13.0. The predicted molar refractivity (Wildman–Crippen MR) is 82.2 cm³/mol. The third kappa shape index (κ3) is 3.08. The second kappa shape index (κ2) is 5.83. The van der Waals surface area contributed by atoms with Crippen LogP contribution in [0.4, 0.5) is 10.1 Å². The van der Waals surface area contributed by atoms with Crippen molar-refractivity contribution >= 4 is 17.5 Å². The average Bonchev–Trinajstić information content (AvgIpc) is 3.24. The molecule has 6 nitrogen and oxygen atoms in total. The molecule has 7 heteroatoms. The molecule has 0 radical (unpaired) electrons. The van der Waals surface area contributed by atoms with Crippen LogP contribution in [-0.2, 0) is 21.5 Å². The van der Waals surface area contributed by atoms with Gasteiger partial charge >= 0.3 is 0 Å². The minimum atomic E-state index is -0.587. The van der Waals surface area contributed by atoms with Gasteiger partial charge in [0.15, 0.2) is 0 Å². The zero-order valence-corrected chi connectivity index (χ0v) is 12.7. The lowest BCUT2D eigenvalue weighted by Crippen LogP contribution is -2.27. The molecule has 120 valence electrons. The third-order valence-electron chi connectivity index (χ3n) is 4.06. The highest BCUT2D eigenvalue weighted by molar-refractivity contribution is 6.01. The number of halogens is 1. The van der Waals surface area contributed by atoms with Crippen LogP contribution in [0.5, 0.6) is 0 Å². The second-order valence-corrected chi connectivity index (χ2v) is 5.64. The van der Waals surface area contributed by atoms with Crippen molar-refractivity contribution in [3.63, 3.8) is 0 Å². The van der Waals surface area contributed by atoms with Gasteiger partial charge in [-0.3, -0.25) is 14.3 Å². The van der Waals surface area contributed by atoms with Gasteiger partial charge in [0.05, 0.1) is 17.3 Å². The number of hydrogen-bond acceptors (Lipinski definition) is 3. The molecule has 1 aromatic heterocycles. The van der Waals surface area contributed by atoms with Crippen LogP contribution in [0.3, 0.4) is 0 Å². The van der Waals surface area contributed by atoms with Gasteiger partial charge in [0.2, 0.25) is 11.8 Å². The Kier molecular flexibility index (Phi) is 3.85. The quantitative estimate of drug-likeness (QED) is 0.876. The van der Waals surface area contributed by atoms with Crippen LogP contribution in [0.25, 0.3) is 0 Å². The highest BCUT2D eigenvalue weighted by Crippen LogP contribution is 2.49. The standard InChI is InChI=1S/C16H17FN4O2/c1-18-14(22)10-21-9-13(8-19-21)20-15(23)16(6-7-16)11-2-4-12(17)5-3-11/h2-5,8-9H,6-7,10H2,1H3,(H,18,22)(H,20,23). The summed E-state index contributed by atoms with van der Waals surface area (Å²) >= 11 is 0. The highest BCUT2D eigenvalue weighted by Gasteiger charge is 2.51. The third-order valence-corrected chi connectivity index (χ3v) is 4.06. The topological polar surface area (TPSA) is 76.0 Å². The number of anilines is 1. The van der Waals surface area contributed by atoms with E-state index in [1.165, 1.54) is 23.0 Å². The van der Waals surface area contributed by atoms with Crippen LogP contribution in [0, 0.1) is 5.82 Å². The van der Waals surface area contributed by atoms with Crippen molar-refractivity contribution in [1.82, 2.24) is 15.1 Å². The zero-order valence-electron chi connectivity index (χ0n) is 12.7. The fourth-order valence-electron chi connectivity index (χ4n) is 2.53. The van der Waals surface area contributed by atoms with Crippen molar-refractivity contribution < 1.29 is 14.0 Å². The minimum Gasteiger partial charge on any atom is -0.358 e. The Morgan fingerprint density at radius 1 is 1.30 bits per heavy atom. The summed E-state index contributed by atoms with van der Waals surface area (Å²) in [4.78, 5) is 23.9.